The molecule has 1 amide bonds. The van der Waals surface area contributed by atoms with Gasteiger partial charge < -0.3 is 29.0 Å². The van der Waals surface area contributed by atoms with Gasteiger partial charge in [-0.25, -0.2) is 4.39 Å². The zero-order valence-electron chi connectivity index (χ0n) is 27.1. The average molecular weight is 627 g/mol. The second-order valence-electron chi connectivity index (χ2n) is 13.3. The molecule has 0 bridgehead atoms. The highest BCUT2D eigenvalue weighted by Gasteiger charge is 2.51. The molecule has 10 heteroatoms. The summed E-state index contributed by atoms with van der Waals surface area (Å²) in [5.74, 6) is -1.31. The molecule has 2 aromatic rings. The number of fused-ring (bicyclic) bond motifs is 1. The first-order valence-electron chi connectivity index (χ1n) is 16.2. The van der Waals surface area contributed by atoms with Crippen LogP contribution in [0.3, 0.4) is 0 Å². The van der Waals surface area contributed by atoms with Crippen molar-refractivity contribution >= 4 is 17.6 Å². The van der Waals surface area contributed by atoms with Gasteiger partial charge in [-0.2, -0.15) is 0 Å². The molecule has 1 N–H and O–H groups in total. The van der Waals surface area contributed by atoms with Crippen LogP contribution in [0.15, 0.2) is 36.4 Å². The summed E-state index contributed by atoms with van der Waals surface area (Å²) in [6.45, 7) is 11.5. The number of aryl methyl sites for hydroxylation is 1. The standard InChI is InChI=1S/C35H47FN2O7/c1-6-8-24(9-7-2)38(25-11-12-27(36)22(3)16-25)31(39)20-37-19-26(23-10-13-29-30(17-23)45-21-44-29)32(33(40)41)28(37)18-35(4,5)34-42-14-15-43-34/h10-13,16-17,24,26,28,32,34H,6-9,14-15,18-21H2,1-5H3,(H,40,41)/t26-,28+,32?/m1/s1. The number of hydrogen-bond donors (Lipinski definition) is 1. The molecule has 0 saturated carbocycles. The Kier molecular flexibility index (Phi) is 10.4. The normalized spacial score (nSPS) is 22.0. The van der Waals surface area contributed by atoms with Crippen molar-refractivity contribution < 1.29 is 38.0 Å². The smallest absolute Gasteiger partial charge is 0.308 e. The lowest BCUT2D eigenvalue weighted by Crippen LogP contribution is -2.49. The molecule has 0 aromatic heterocycles. The van der Waals surface area contributed by atoms with Crippen LogP contribution in [-0.4, -0.2) is 73.4 Å². The van der Waals surface area contributed by atoms with Crippen molar-refractivity contribution in [1.82, 2.24) is 4.90 Å². The number of rotatable bonds is 13. The summed E-state index contributed by atoms with van der Waals surface area (Å²) in [4.78, 5) is 31.4. The van der Waals surface area contributed by atoms with Crippen molar-refractivity contribution in [3.05, 3.63) is 53.3 Å². The highest BCUT2D eigenvalue weighted by molar-refractivity contribution is 5.95. The van der Waals surface area contributed by atoms with Gasteiger partial charge in [0.05, 0.1) is 25.7 Å². The topological polar surface area (TPSA) is 97.8 Å². The van der Waals surface area contributed by atoms with Crippen LogP contribution in [0.25, 0.3) is 0 Å². The molecule has 0 radical (unpaired) electrons. The van der Waals surface area contributed by atoms with Gasteiger partial charge in [-0.05, 0) is 67.6 Å². The lowest BCUT2D eigenvalue weighted by molar-refractivity contribution is -0.147. The highest BCUT2D eigenvalue weighted by Crippen LogP contribution is 2.46. The van der Waals surface area contributed by atoms with E-state index in [1.807, 2.05) is 41.8 Å². The molecule has 5 rings (SSSR count). The number of carboxylic acid groups (broad SMARTS) is 1. The molecule has 45 heavy (non-hydrogen) atoms. The SMILES string of the molecule is CCCC(CCC)N(C(=O)CN1C[C@H](c2ccc3c(c2)OCO3)C(C(=O)O)[C@@H]1CC(C)(C)C1OCCO1)c1ccc(F)c(C)c1. The van der Waals surface area contributed by atoms with E-state index in [2.05, 4.69) is 13.8 Å². The third-order valence-corrected chi connectivity index (χ3v) is 9.49. The monoisotopic (exact) mass is 626 g/mol. The fourth-order valence-corrected chi connectivity index (χ4v) is 7.33. The molecule has 3 heterocycles. The molecular formula is C35H47FN2O7. The molecule has 3 aliphatic rings. The number of halogens is 1. The number of aliphatic carboxylic acids is 1. The summed E-state index contributed by atoms with van der Waals surface area (Å²) < 4.78 is 37.2. The van der Waals surface area contributed by atoms with Crippen molar-refractivity contribution in [1.29, 1.82) is 0 Å². The summed E-state index contributed by atoms with van der Waals surface area (Å²) in [5, 5.41) is 10.7. The quantitative estimate of drug-likeness (QED) is 0.284. The summed E-state index contributed by atoms with van der Waals surface area (Å²) in [5.41, 5.74) is 1.46. The lowest BCUT2D eigenvalue weighted by atomic mass is 9.77. The summed E-state index contributed by atoms with van der Waals surface area (Å²) in [6, 6.07) is 9.88. The maximum absolute atomic E-state index is 14.5. The predicted octanol–water partition coefficient (Wildman–Crippen LogP) is 6.12. The summed E-state index contributed by atoms with van der Waals surface area (Å²) in [7, 11) is 0. The molecular weight excluding hydrogens is 579 g/mol. The molecule has 3 aliphatic heterocycles. The number of benzene rings is 2. The van der Waals surface area contributed by atoms with E-state index < -0.39 is 29.6 Å². The Hall–Kier alpha value is -3.21. The van der Waals surface area contributed by atoms with Gasteiger partial charge >= 0.3 is 5.97 Å². The average Bonchev–Trinajstić information content (AvgIpc) is 3.76. The van der Waals surface area contributed by atoms with Crippen LogP contribution >= 0.6 is 0 Å². The third-order valence-electron chi connectivity index (χ3n) is 9.49. The molecule has 9 nitrogen and oxygen atoms in total. The minimum atomic E-state index is -0.914. The molecule has 246 valence electrons. The maximum Gasteiger partial charge on any atom is 0.308 e. The van der Waals surface area contributed by atoms with Crippen molar-refractivity contribution in [2.45, 2.75) is 91.0 Å². The van der Waals surface area contributed by atoms with Crippen LogP contribution in [0, 0.1) is 24.1 Å². The van der Waals surface area contributed by atoms with E-state index >= 15 is 0 Å². The second kappa shape index (κ2) is 14.1. The van der Waals surface area contributed by atoms with E-state index in [1.54, 1.807) is 19.1 Å². The number of hydrogen-bond acceptors (Lipinski definition) is 7. The lowest BCUT2D eigenvalue weighted by Gasteiger charge is -2.38. The molecule has 0 spiro atoms. The van der Waals surface area contributed by atoms with Crippen molar-refractivity contribution in [2.24, 2.45) is 11.3 Å². The Morgan fingerprint density at radius 3 is 2.38 bits per heavy atom. The van der Waals surface area contributed by atoms with E-state index in [1.165, 1.54) is 6.07 Å². The first kappa shape index (κ1) is 33.2. The Labute approximate surface area is 265 Å². The number of likely N-dealkylation sites (tertiary alicyclic amines) is 1. The van der Waals surface area contributed by atoms with Gasteiger partial charge in [0.1, 0.15) is 5.82 Å². The Balaban J connectivity index is 1.51. The van der Waals surface area contributed by atoms with E-state index in [0.717, 1.165) is 31.2 Å². The largest absolute Gasteiger partial charge is 0.481 e. The van der Waals surface area contributed by atoms with Gasteiger partial charge in [0.25, 0.3) is 0 Å². The number of ether oxygens (including phenoxy) is 4. The number of carbonyl (C=O) groups is 2. The van der Waals surface area contributed by atoms with Crippen LogP contribution in [0.1, 0.15) is 76.8 Å². The first-order valence-corrected chi connectivity index (χ1v) is 16.2. The molecule has 2 fully saturated rings. The minimum absolute atomic E-state index is 0.0261. The Bertz CT molecular complexity index is 1360. The predicted molar refractivity (Wildman–Crippen MR) is 168 cm³/mol. The maximum atomic E-state index is 14.5. The molecule has 2 aromatic carbocycles. The van der Waals surface area contributed by atoms with Gasteiger partial charge in [-0.3, -0.25) is 14.5 Å². The van der Waals surface area contributed by atoms with Gasteiger partial charge in [0.2, 0.25) is 12.7 Å². The van der Waals surface area contributed by atoms with Crippen LogP contribution in [0.2, 0.25) is 0 Å². The number of anilines is 1. The molecule has 2 saturated heterocycles. The van der Waals surface area contributed by atoms with Crippen LogP contribution in [0.4, 0.5) is 10.1 Å². The number of nitrogens with zero attached hydrogens (tertiary/aromatic N) is 2. The van der Waals surface area contributed by atoms with E-state index in [0.29, 0.717) is 48.9 Å². The fraction of sp³-hybridized carbons (Fsp3) is 0.600. The molecule has 0 aliphatic carbocycles. The van der Waals surface area contributed by atoms with Crippen LogP contribution < -0.4 is 14.4 Å². The number of amides is 1. The second-order valence-corrected chi connectivity index (χ2v) is 13.3. The van der Waals surface area contributed by atoms with Crippen molar-refractivity contribution in [3.63, 3.8) is 0 Å². The zero-order chi connectivity index (χ0) is 32.3. The molecule has 1 unspecified atom stereocenters. The molecule has 3 atom stereocenters. The zero-order valence-corrected chi connectivity index (χ0v) is 27.1. The van der Waals surface area contributed by atoms with Gasteiger partial charge in [-0.15, -0.1) is 0 Å². The van der Waals surface area contributed by atoms with Gasteiger partial charge in [0.15, 0.2) is 17.8 Å². The minimum Gasteiger partial charge on any atom is -0.481 e. The third kappa shape index (κ3) is 7.13. The van der Waals surface area contributed by atoms with E-state index in [4.69, 9.17) is 18.9 Å². The van der Waals surface area contributed by atoms with Gasteiger partial charge in [-0.1, -0.05) is 46.6 Å². The van der Waals surface area contributed by atoms with E-state index in [9.17, 15) is 19.1 Å². The van der Waals surface area contributed by atoms with Gasteiger partial charge in [0, 0.05) is 35.6 Å². The first-order chi connectivity index (χ1) is 21.5. The number of carboxylic acids is 1. The van der Waals surface area contributed by atoms with Crippen LogP contribution in [0.5, 0.6) is 11.5 Å². The van der Waals surface area contributed by atoms with Crippen molar-refractivity contribution in [3.8, 4) is 11.5 Å². The Morgan fingerprint density at radius 2 is 1.73 bits per heavy atom. The summed E-state index contributed by atoms with van der Waals surface area (Å²) >= 11 is 0. The van der Waals surface area contributed by atoms with E-state index in [-0.39, 0.29) is 37.0 Å². The Morgan fingerprint density at radius 1 is 1.04 bits per heavy atom. The van der Waals surface area contributed by atoms with Crippen LogP contribution in [-0.2, 0) is 19.1 Å². The number of carbonyl (C=O) groups excluding carboxylic acids is 1. The summed E-state index contributed by atoms with van der Waals surface area (Å²) in [6.07, 6.45) is 3.38. The fourth-order valence-electron chi connectivity index (χ4n) is 7.33. The highest BCUT2D eigenvalue weighted by atomic mass is 19.1. The van der Waals surface area contributed by atoms with Crippen molar-refractivity contribution in [2.75, 3.05) is 38.0 Å².